The number of nitrogens with two attached hydrogens (primary N) is 1. The van der Waals surface area contributed by atoms with Crippen molar-refractivity contribution in [3.05, 3.63) is 0 Å². The predicted octanol–water partition coefficient (Wildman–Crippen LogP) is 2.90. The number of hydrogen-bond acceptors (Lipinski definition) is 3. The third-order valence-corrected chi connectivity index (χ3v) is 4.32. The van der Waals surface area contributed by atoms with E-state index in [1.165, 1.54) is 25.7 Å². The first-order valence-electron chi connectivity index (χ1n) is 7.64. The summed E-state index contributed by atoms with van der Waals surface area (Å²) in [7, 11) is 0. The number of hydrogen-bond donors (Lipinski definition) is 1. The van der Waals surface area contributed by atoms with Crippen LogP contribution in [0.5, 0.6) is 0 Å². The first-order chi connectivity index (χ1) is 8.88. The van der Waals surface area contributed by atoms with Gasteiger partial charge in [0, 0.05) is 12.6 Å². The zero-order valence-electron chi connectivity index (χ0n) is 12.5. The maximum Gasteiger partial charge on any atom is 0.410 e. The van der Waals surface area contributed by atoms with Crippen LogP contribution in [0.15, 0.2) is 0 Å². The van der Waals surface area contributed by atoms with Crippen molar-refractivity contribution in [3.63, 3.8) is 0 Å². The van der Waals surface area contributed by atoms with Gasteiger partial charge in [0.05, 0.1) is 6.04 Å². The van der Waals surface area contributed by atoms with E-state index in [-0.39, 0.29) is 18.2 Å². The van der Waals surface area contributed by atoms with Crippen LogP contribution in [0.25, 0.3) is 0 Å². The molecule has 1 saturated carbocycles. The minimum Gasteiger partial charge on any atom is -0.444 e. The van der Waals surface area contributed by atoms with E-state index in [1.807, 2.05) is 25.7 Å². The van der Waals surface area contributed by atoms with Gasteiger partial charge in [0.15, 0.2) is 0 Å². The Morgan fingerprint density at radius 1 is 1.21 bits per heavy atom. The summed E-state index contributed by atoms with van der Waals surface area (Å²) in [5.74, 6) is 0.591. The van der Waals surface area contributed by atoms with Crippen LogP contribution in [-0.4, -0.2) is 35.2 Å². The lowest BCUT2D eigenvalue weighted by molar-refractivity contribution is 0.0190. The van der Waals surface area contributed by atoms with Crippen LogP contribution in [0.1, 0.15) is 59.3 Å². The summed E-state index contributed by atoms with van der Waals surface area (Å²) in [6.45, 7) is 6.52. The summed E-state index contributed by atoms with van der Waals surface area (Å²) in [5, 5.41) is 0. The molecule has 2 fully saturated rings. The number of carbonyl (C=O) groups is 1. The fraction of sp³-hybridized carbons (Fsp3) is 0.933. The van der Waals surface area contributed by atoms with Crippen LogP contribution in [0, 0.1) is 5.92 Å². The van der Waals surface area contributed by atoms with Crippen molar-refractivity contribution in [1.82, 2.24) is 4.90 Å². The van der Waals surface area contributed by atoms with E-state index in [4.69, 9.17) is 10.5 Å². The highest BCUT2D eigenvalue weighted by Gasteiger charge is 2.38. The minimum absolute atomic E-state index is 0.123. The number of amides is 1. The van der Waals surface area contributed by atoms with E-state index in [1.54, 1.807) is 0 Å². The lowest BCUT2D eigenvalue weighted by Gasteiger charge is -2.34. The Bertz CT molecular complexity index is 319. The fourth-order valence-corrected chi connectivity index (χ4v) is 3.40. The van der Waals surface area contributed by atoms with E-state index in [2.05, 4.69) is 0 Å². The van der Waals surface area contributed by atoms with E-state index in [0.717, 1.165) is 19.4 Å². The molecular formula is C15H28N2O2. The number of rotatable bonds is 2. The Hall–Kier alpha value is -0.770. The molecule has 1 aliphatic heterocycles. The van der Waals surface area contributed by atoms with Crippen LogP contribution in [0.2, 0.25) is 0 Å². The minimum atomic E-state index is -0.429. The molecule has 0 spiro atoms. The number of carbonyl (C=O) groups excluding carboxylic acids is 1. The third kappa shape index (κ3) is 3.62. The van der Waals surface area contributed by atoms with Gasteiger partial charge in [0.2, 0.25) is 0 Å². The average molecular weight is 268 g/mol. The number of ether oxygens (including phenoxy) is 1. The van der Waals surface area contributed by atoms with Crippen molar-refractivity contribution in [1.29, 1.82) is 0 Å². The highest BCUT2D eigenvalue weighted by atomic mass is 16.6. The molecule has 4 nitrogen and oxygen atoms in total. The number of likely N-dealkylation sites (tertiary alicyclic amines) is 1. The van der Waals surface area contributed by atoms with Crippen LogP contribution in [-0.2, 0) is 4.74 Å². The molecule has 0 aromatic heterocycles. The third-order valence-electron chi connectivity index (χ3n) is 4.32. The maximum atomic E-state index is 12.2. The molecule has 0 aromatic carbocycles. The normalized spacial score (nSPS) is 26.7. The SMILES string of the molecule is CC(C)(C)OC(=O)N1CCCC1C(N)C1CCCC1. The second-order valence-corrected chi connectivity index (χ2v) is 7.01. The molecule has 0 bridgehead atoms. The second-order valence-electron chi connectivity index (χ2n) is 7.01. The molecule has 1 aliphatic carbocycles. The molecule has 2 unspecified atom stereocenters. The molecule has 2 N–H and O–H groups in total. The van der Waals surface area contributed by atoms with Gasteiger partial charge in [-0.1, -0.05) is 12.8 Å². The largest absolute Gasteiger partial charge is 0.444 e. The zero-order valence-corrected chi connectivity index (χ0v) is 12.5. The highest BCUT2D eigenvalue weighted by molar-refractivity contribution is 5.69. The maximum absolute atomic E-state index is 12.2. The molecule has 1 amide bonds. The van der Waals surface area contributed by atoms with Crippen molar-refractivity contribution < 1.29 is 9.53 Å². The van der Waals surface area contributed by atoms with E-state index >= 15 is 0 Å². The first kappa shape index (κ1) is 14.6. The molecule has 2 aliphatic rings. The molecule has 1 heterocycles. The Morgan fingerprint density at radius 3 is 2.42 bits per heavy atom. The van der Waals surface area contributed by atoms with Gasteiger partial charge in [-0.05, 0) is 52.4 Å². The van der Waals surface area contributed by atoms with E-state index in [0.29, 0.717) is 5.92 Å². The zero-order chi connectivity index (χ0) is 14.0. The quantitative estimate of drug-likeness (QED) is 0.837. The molecule has 1 saturated heterocycles. The van der Waals surface area contributed by atoms with Gasteiger partial charge >= 0.3 is 6.09 Å². The van der Waals surface area contributed by atoms with Crippen molar-refractivity contribution in [2.24, 2.45) is 11.7 Å². The van der Waals surface area contributed by atoms with Crippen molar-refractivity contribution in [2.75, 3.05) is 6.54 Å². The predicted molar refractivity (Wildman–Crippen MR) is 75.9 cm³/mol. The number of nitrogens with zero attached hydrogens (tertiary/aromatic N) is 1. The lowest BCUT2D eigenvalue weighted by Crippen LogP contribution is -2.50. The fourth-order valence-electron chi connectivity index (χ4n) is 3.40. The summed E-state index contributed by atoms with van der Waals surface area (Å²) in [6.07, 6.45) is 6.90. The molecule has 110 valence electrons. The molecular weight excluding hydrogens is 240 g/mol. The summed E-state index contributed by atoms with van der Waals surface area (Å²) in [6, 6.07) is 0.301. The lowest BCUT2D eigenvalue weighted by atomic mass is 9.91. The molecule has 0 radical (unpaired) electrons. The Morgan fingerprint density at radius 2 is 1.84 bits per heavy atom. The van der Waals surface area contributed by atoms with Crippen LogP contribution >= 0.6 is 0 Å². The molecule has 19 heavy (non-hydrogen) atoms. The van der Waals surface area contributed by atoms with Crippen LogP contribution in [0.4, 0.5) is 4.79 Å². The molecule has 2 rings (SSSR count). The first-order valence-corrected chi connectivity index (χ1v) is 7.64. The van der Waals surface area contributed by atoms with Crippen LogP contribution in [0.3, 0.4) is 0 Å². The van der Waals surface area contributed by atoms with E-state index < -0.39 is 5.60 Å². The highest BCUT2D eigenvalue weighted by Crippen LogP contribution is 2.33. The van der Waals surface area contributed by atoms with Gasteiger partial charge in [0.25, 0.3) is 0 Å². The van der Waals surface area contributed by atoms with Crippen molar-refractivity contribution >= 4 is 6.09 Å². The van der Waals surface area contributed by atoms with Gasteiger partial charge in [-0.2, -0.15) is 0 Å². The smallest absolute Gasteiger partial charge is 0.410 e. The van der Waals surface area contributed by atoms with Gasteiger partial charge in [-0.15, -0.1) is 0 Å². The summed E-state index contributed by atoms with van der Waals surface area (Å²) < 4.78 is 5.50. The van der Waals surface area contributed by atoms with Crippen molar-refractivity contribution in [3.8, 4) is 0 Å². The Balaban J connectivity index is 1.97. The Labute approximate surface area is 116 Å². The summed E-state index contributed by atoms with van der Waals surface area (Å²) >= 11 is 0. The van der Waals surface area contributed by atoms with Gasteiger partial charge in [-0.25, -0.2) is 4.79 Å². The standard InChI is InChI=1S/C15H28N2O2/c1-15(2,3)19-14(18)17-10-6-9-12(17)13(16)11-7-4-5-8-11/h11-13H,4-10,16H2,1-3H3. The summed E-state index contributed by atoms with van der Waals surface area (Å²) in [5.41, 5.74) is 6.00. The Kier molecular flexibility index (Phi) is 4.39. The van der Waals surface area contributed by atoms with Crippen LogP contribution < -0.4 is 5.73 Å². The van der Waals surface area contributed by atoms with Gasteiger partial charge in [-0.3, -0.25) is 0 Å². The average Bonchev–Trinajstić information content (AvgIpc) is 2.97. The monoisotopic (exact) mass is 268 g/mol. The second kappa shape index (κ2) is 5.70. The van der Waals surface area contributed by atoms with Gasteiger partial charge < -0.3 is 15.4 Å². The molecule has 2 atom stereocenters. The summed E-state index contributed by atoms with van der Waals surface area (Å²) in [4.78, 5) is 14.1. The van der Waals surface area contributed by atoms with Crippen molar-refractivity contribution in [2.45, 2.75) is 77.0 Å². The van der Waals surface area contributed by atoms with Gasteiger partial charge in [0.1, 0.15) is 5.60 Å². The molecule has 0 aromatic rings. The topological polar surface area (TPSA) is 55.6 Å². The molecule has 4 heteroatoms. The van der Waals surface area contributed by atoms with E-state index in [9.17, 15) is 4.79 Å².